The number of aliphatic hydroxyl groups excluding tert-OH is 1. The van der Waals surface area contributed by atoms with E-state index in [-0.39, 0.29) is 30.4 Å². The van der Waals surface area contributed by atoms with E-state index in [9.17, 15) is 14.7 Å². The van der Waals surface area contributed by atoms with Gasteiger partial charge in [-0.2, -0.15) is 4.98 Å². The third-order valence-electron chi connectivity index (χ3n) is 6.59. The number of hydrogen-bond acceptors (Lipinski definition) is 7. The molecule has 2 atom stereocenters. The van der Waals surface area contributed by atoms with Crippen LogP contribution >= 0.6 is 0 Å². The molecule has 2 aromatic carbocycles. The molecule has 0 aliphatic carbocycles. The predicted molar refractivity (Wildman–Crippen MR) is 125 cm³/mol. The first-order valence-electron chi connectivity index (χ1n) is 11.4. The Morgan fingerprint density at radius 3 is 2.97 bits per heavy atom. The lowest BCUT2D eigenvalue weighted by Crippen LogP contribution is -2.39. The molecule has 1 aromatic heterocycles. The molecule has 9 heteroatoms. The quantitative estimate of drug-likeness (QED) is 0.554. The van der Waals surface area contributed by atoms with Crippen molar-refractivity contribution in [2.24, 2.45) is 0 Å². The van der Waals surface area contributed by atoms with Gasteiger partial charge in [0, 0.05) is 37.9 Å². The maximum absolute atomic E-state index is 13.4. The van der Waals surface area contributed by atoms with Crippen LogP contribution in [-0.2, 0) is 22.4 Å². The van der Waals surface area contributed by atoms with Crippen molar-refractivity contribution in [3.8, 4) is 11.4 Å². The fourth-order valence-electron chi connectivity index (χ4n) is 4.70. The van der Waals surface area contributed by atoms with E-state index < -0.39 is 0 Å². The number of likely N-dealkylation sites (tertiary alicyclic amines) is 1. The molecule has 3 heterocycles. The Kier molecular flexibility index (Phi) is 6.12. The lowest BCUT2D eigenvalue weighted by Gasteiger charge is -2.32. The van der Waals surface area contributed by atoms with E-state index in [2.05, 4.69) is 20.4 Å². The van der Waals surface area contributed by atoms with E-state index in [1.165, 1.54) is 6.39 Å². The van der Waals surface area contributed by atoms with E-state index in [1.54, 1.807) is 4.90 Å². The highest BCUT2D eigenvalue weighted by Gasteiger charge is 2.29. The molecule has 1 unspecified atom stereocenters. The van der Waals surface area contributed by atoms with Crippen LogP contribution in [0.1, 0.15) is 29.2 Å². The van der Waals surface area contributed by atoms with Crippen molar-refractivity contribution in [3.05, 3.63) is 65.5 Å². The molecule has 2 amide bonds. The molecule has 2 aliphatic rings. The maximum Gasteiger partial charge on any atom is 0.228 e. The summed E-state index contributed by atoms with van der Waals surface area (Å²) in [6, 6.07) is 13.3. The molecule has 5 rings (SSSR count). The highest BCUT2D eigenvalue weighted by Crippen LogP contribution is 2.28. The summed E-state index contributed by atoms with van der Waals surface area (Å²) >= 11 is 0. The molecular formula is C25H27N5O4. The van der Waals surface area contributed by atoms with E-state index in [4.69, 9.17) is 4.52 Å². The van der Waals surface area contributed by atoms with Crippen molar-refractivity contribution in [3.63, 3.8) is 0 Å². The minimum Gasteiger partial charge on any atom is -0.392 e. The number of β-amino-alcohol motifs (C(OH)–C–C–N with tert-alkyl or cyclic N) is 1. The molecule has 9 nitrogen and oxygen atoms in total. The summed E-state index contributed by atoms with van der Waals surface area (Å²) in [5.41, 5.74) is 4.37. The van der Waals surface area contributed by atoms with Crippen molar-refractivity contribution in [1.82, 2.24) is 19.9 Å². The number of nitrogens with one attached hydrogen (secondary N) is 1. The Bertz CT molecular complexity index is 1200. The number of rotatable bonds is 7. The lowest BCUT2D eigenvalue weighted by molar-refractivity contribution is -0.131. The van der Waals surface area contributed by atoms with Crippen molar-refractivity contribution in [1.29, 1.82) is 0 Å². The molecule has 0 bridgehead atoms. The number of nitrogens with zero attached hydrogens (tertiary/aromatic N) is 4. The highest BCUT2D eigenvalue weighted by atomic mass is 16.5. The predicted octanol–water partition coefficient (Wildman–Crippen LogP) is 2.04. The Balaban J connectivity index is 1.38. The fraction of sp³-hybridized carbons (Fsp3) is 0.360. The third-order valence-corrected chi connectivity index (χ3v) is 6.59. The summed E-state index contributed by atoms with van der Waals surface area (Å²) < 4.78 is 4.89. The first-order valence-corrected chi connectivity index (χ1v) is 11.4. The Morgan fingerprint density at radius 2 is 2.21 bits per heavy atom. The average molecular weight is 462 g/mol. The topological polar surface area (TPSA) is 112 Å². The van der Waals surface area contributed by atoms with Crippen molar-refractivity contribution in [2.45, 2.75) is 31.4 Å². The van der Waals surface area contributed by atoms with Crippen molar-refractivity contribution < 1.29 is 19.2 Å². The molecule has 3 aromatic rings. The summed E-state index contributed by atoms with van der Waals surface area (Å²) in [6.07, 6.45) is 2.29. The van der Waals surface area contributed by atoms with E-state index in [1.807, 2.05) is 49.5 Å². The summed E-state index contributed by atoms with van der Waals surface area (Å²) in [5, 5.41) is 16.8. The monoisotopic (exact) mass is 461 g/mol. The zero-order valence-electron chi connectivity index (χ0n) is 19.0. The molecule has 2 aliphatic heterocycles. The van der Waals surface area contributed by atoms with Gasteiger partial charge in [0.15, 0.2) is 0 Å². The second kappa shape index (κ2) is 9.36. The van der Waals surface area contributed by atoms with Crippen molar-refractivity contribution >= 4 is 17.5 Å². The average Bonchev–Trinajstić information content (AvgIpc) is 3.57. The minimum absolute atomic E-state index is 0.0232. The summed E-state index contributed by atoms with van der Waals surface area (Å²) in [5.74, 6) is 0.440. The number of carbonyl (C=O) groups excluding carboxylic acids is 2. The lowest BCUT2D eigenvalue weighted by atomic mass is 10.0. The zero-order valence-corrected chi connectivity index (χ0v) is 19.0. The first-order chi connectivity index (χ1) is 16.5. The van der Waals surface area contributed by atoms with Gasteiger partial charge in [0.2, 0.25) is 24.0 Å². The summed E-state index contributed by atoms with van der Waals surface area (Å²) in [4.78, 5) is 33.1. The molecule has 34 heavy (non-hydrogen) atoms. The van der Waals surface area contributed by atoms with Gasteiger partial charge in [0.1, 0.15) is 0 Å². The maximum atomic E-state index is 13.4. The number of benzene rings is 2. The second-order valence-electron chi connectivity index (χ2n) is 9.00. The van der Waals surface area contributed by atoms with Gasteiger partial charge in [-0.1, -0.05) is 35.5 Å². The van der Waals surface area contributed by atoms with E-state index >= 15 is 0 Å². The Hall–Kier alpha value is -3.56. The molecular weight excluding hydrogens is 434 g/mol. The van der Waals surface area contributed by atoms with Gasteiger partial charge in [-0.05, 0) is 35.2 Å². The van der Waals surface area contributed by atoms with Crippen LogP contribution in [-0.4, -0.2) is 69.6 Å². The van der Waals surface area contributed by atoms with Crippen LogP contribution in [0.15, 0.2) is 53.4 Å². The smallest absolute Gasteiger partial charge is 0.228 e. The van der Waals surface area contributed by atoms with Crippen LogP contribution < -0.4 is 5.32 Å². The minimum atomic E-state index is -0.339. The van der Waals surface area contributed by atoms with Gasteiger partial charge in [0.05, 0.1) is 25.0 Å². The van der Waals surface area contributed by atoms with Gasteiger partial charge >= 0.3 is 0 Å². The number of carbonyl (C=O) groups is 2. The van der Waals surface area contributed by atoms with Gasteiger partial charge in [0.25, 0.3) is 0 Å². The second-order valence-corrected chi connectivity index (χ2v) is 9.00. The zero-order chi connectivity index (χ0) is 23.7. The molecule has 0 spiro atoms. The van der Waals surface area contributed by atoms with Crippen LogP contribution in [0.5, 0.6) is 0 Å². The molecule has 1 saturated heterocycles. The number of likely N-dealkylation sites (N-methyl/N-ethyl adjacent to an activating group) is 1. The first kappa shape index (κ1) is 22.2. The standard InChI is InChI=1S/C25H27N5O4/c1-29(24(33)10-16-5-6-17-12-23(32)27-21(17)9-16)22(14-30-8-7-20(31)13-30)18-3-2-4-19(11-18)25-26-15-34-28-25/h2-6,9,11,15,20,22,31H,7-8,10,12-14H2,1H3,(H,27,32)/t20?,22-/m1/s1. The number of aliphatic hydroxyl groups is 1. The number of hydrogen-bond donors (Lipinski definition) is 2. The number of fused-ring (bicyclic) bond motifs is 1. The SMILES string of the molecule is CN(C(=O)Cc1ccc2c(c1)NC(=O)C2)[C@H](CN1CCC(O)C1)c1cccc(-c2ncon2)c1. The van der Waals surface area contributed by atoms with E-state index in [0.29, 0.717) is 25.3 Å². The Labute approximate surface area is 197 Å². The number of aromatic nitrogens is 2. The van der Waals surface area contributed by atoms with Gasteiger partial charge in [-0.25, -0.2) is 0 Å². The van der Waals surface area contributed by atoms with Gasteiger partial charge in [-0.15, -0.1) is 0 Å². The normalized spacial score (nSPS) is 18.5. The molecule has 2 N–H and O–H groups in total. The Morgan fingerprint density at radius 1 is 1.32 bits per heavy atom. The summed E-state index contributed by atoms with van der Waals surface area (Å²) in [6.45, 7) is 1.98. The van der Waals surface area contributed by atoms with Gasteiger partial charge in [-0.3, -0.25) is 14.5 Å². The van der Waals surface area contributed by atoms with Crippen molar-refractivity contribution in [2.75, 3.05) is 32.0 Å². The highest BCUT2D eigenvalue weighted by molar-refractivity contribution is 5.99. The fourth-order valence-corrected chi connectivity index (χ4v) is 4.70. The van der Waals surface area contributed by atoms with Crippen LogP contribution in [0, 0.1) is 0 Å². The summed E-state index contributed by atoms with van der Waals surface area (Å²) in [7, 11) is 1.82. The van der Waals surface area contributed by atoms with Gasteiger partial charge < -0.3 is 19.8 Å². The number of amides is 2. The number of anilines is 1. The van der Waals surface area contributed by atoms with Crippen LogP contribution in [0.2, 0.25) is 0 Å². The van der Waals surface area contributed by atoms with E-state index in [0.717, 1.165) is 40.9 Å². The molecule has 1 fully saturated rings. The third kappa shape index (κ3) is 4.71. The van der Waals surface area contributed by atoms with Crippen LogP contribution in [0.3, 0.4) is 0 Å². The van der Waals surface area contributed by atoms with Crippen LogP contribution in [0.25, 0.3) is 11.4 Å². The van der Waals surface area contributed by atoms with Crippen LogP contribution in [0.4, 0.5) is 5.69 Å². The molecule has 0 saturated carbocycles. The molecule has 176 valence electrons. The largest absolute Gasteiger partial charge is 0.392 e. The molecule has 0 radical (unpaired) electrons.